The number of morpholine rings is 1. The molecule has 4 heterocycles. The lowest BCUT2D eigenvalue weighted by atomic mass is 9.84. The highest BCUT2D eigenvalue weighted by atomic mass is 28.3. The van der Waals surface area contributed by atoms with Crippen LogP contribution in [-0.2, 0) is 57.8 Å². The number of ether oxygens (including phenoxy) is 8. The fourth-order valence-corrected chi connectivity index (χ4v) is 7.91. The van der Waals surface area contributed by atoms with Crippen LogP contribution < -0.4 is 10.1 Å². The van der Waals surface area contributed by atoms with Gasteiger partial charge in [0, 0.05) is 21.1 Å². The van der Waals surface area contributed by atoms with Crippen LogP contribution in [0.15, 0.2) is 84.9 Å². The normalized spacial score (nSPS) is 29.8. The number of nitrogens with one attached hydrogen (secondary N) is 1. The Labute approximate surface area is 334 Å². The predicted octanol–water partition coefficient (Wildman–Crippen LogP) is 2.91. The van der Waals surface area contributed by atoms with Crippen LogP contribution in [0.25, 0.3) is 0 Å². The second-order valence-electron chi connectivity index (χ2n) is 16.0. The van der Waals surface area contributed by atoms with E-state index >= 15 is 0 Å². The van der Waals surface area contributed by atoms with Crippen LogP contribution in [0.1, 0.15) is 23.1 Å². The summed E-state index contributed by atoms with van der Waals surface area (Å²) in [7, 11) is 0.0689. The van der Waals surface area contributed by atoms with E-state index in [4.69, 9.17) is 37.9 Å². The molecule has 312 valence electrons. The highest BCUT2D eigenvalue weighted by Gasteiger charge is 2.61. The van der Waals surface area contributed by atoms with E-state index in [1.165, 1.54) is 0 Å². The van der Waals surface area contributed by atoms with E-state index in [2.05, 4.69) is 25.0 Å². The van der Waals surface area contributed by atoms with Gasteiger partial charge in [-0.25, -0.2) is 0 Å². The summed E-state index contributed by atoms with van der Waals surface area (Å²) in [6.07, 6.45) is -10.2. The SMILES string of the molecule is COc1ccc(CO[C@H]2[C@H](OCC[Si](C)(C)C)O[C@H](CO[C@@]34C[C@H](O)[C@@H](NC3=O)[C@H]([C@H](O)[C@H](O)CO)O4)[C@@H](OCc3ccccc3)[C@@H]2OCc2ccccc2)cc1. The number of aliphatic hydroxyl groups is 4. The van der Waals surface area contributed by atoms with Gasteiger partial charge >= 0.3 is 0 Å². The zero-order valence-corrected chi connectivity index (χ0v) is 34.0. The van der Waals surface area contributed by atoms with Crippen molar-refractivity contribution >= 4 is 14.0 Å². The summed E-state index contributed by atoms with van der Waals surface area (Å²) in [6.45, 7) is 6.71. The number of methoxy groups -OCH3 is 1. The molecule has 1 amide bonds. The lowest BCUT2D eigenvalue weighted by molar-refractivity contribution is -0.353. The molecule has 4 saturated heterocycles. The first-order valence-electron chi connectivity index (χ1n) is 19.5. The third kappa shape index (κ3) is 11.1. The van der Waals surface area contributed by atoms with Crippen LogP contribution in [0.2, 0.25) is 25.7 Å². The summed E-state index contributed by atoms with van der Waals surface area (Å²) in [5, 5.41) is 44.3. The Hall–Kier alpha value is -3.29. The lowest BCUT2D eigenvalue weighted by Gasteiger charge is -2.53. The van der Waals surface area contributed by atoms with Gasteiger partial charge in [-0.3, -0.25) is 4.79 Å². The molecule has 4 aliphatic rings. The Balaban J connectivity index is 1.33. The van der Waals surface area contributed by atoms with Gasteiger partial charge in [0.15, 0.2) is 6.29 Å². The first-order chi connectivity index (χ1) is 27.4. The van der Waals surface area contributed by atoms with Crippen molar-refractivity contribution in [1.29, 1.82) is 0 Å². The predicted molar refractivity (Wildman–Crippen MR) is 210 cm³/mol. The lowest BCUT2D eigenvalue weighted by Crippen LogP contribution is -2.76. The van der Waals surface area contributed by atoms with E-state index in [-0.39, 0.29) is 32.8 Å². The Morgan fingerprint density at radius 2 is 1.40 bits per heavy atom. The van der Waals surface area contributed by atoms with Gasteiger partial charge in [-0.2, -0.15) is 0 Å². The van der Waals surface area contributed by atoms with Crippen molar-refractivity contribution < 1.29 is 63.1 Å². The summed E-state index contributed by atoms with van der Waals surface area (Å²) in [5.41, 5.74) is 2.72. The maximum absolute atomic E-state index is 13.5. The van der Waals surface area contributed by atoms with Crippen LogP contribution in [0.5, 0.6) is 5.75 Å². The highest BCUT2D eigenvalue weighted by Crippen LogP contribution is 2.39. The van der Waals surface area contributed by atoms with E-state index in [9.17, 15) is 25.2 Å². The quantitative estimate of drug-likeness (QED) is 0.105. The van der Waals surface area contributed by atoms with Gasteiger partial charge in [-0.15, -0.1) is 0 Å². The molecule has 4 aliphatic heterocycles. The van der Waals surface area contributed by atoms with Crippen LogP contribution in [0, 0.1) is 0 Å². The molecule has 0 aromatic heterocycles. The molecule has 5 N–H and O–H groups in total. The molecule has 0 spiro atoms. The zero-order valence-electron chi connectivity index (χ0n) is 33.0. The number of hydrogen-bond donors (Lipinski definition) is 5. The first kappa shape index (κ1) is 43.3. The second kappa shape index (κ2) is 19.6. The molecule has 7 rings (SSSR count). The zero-order chi connectivity index (χ0) is 40.6. The molecule has 15 heteroatoms. The molecule has 3 aromatic rings. The van der Waals surface area contributed by atoms with Crippen molar-refractivity contribution in [3.63, 3.8) is 0 Å². The van der Waals surface area contributed by atoms with E-state index < -0.39 is 87.5 Å². The number of benzene rings is 3. The fraction of sp³-hybridized carbons (Fsp3) is 0.548. The molecular formula is C42H57NO13Si. The molecule has 0 aliphatic carbocycles. The molecule has 57 heavy (non-hydrogen) atoms. The van der Waals surface area contributed by atoms with Crippen molar-refractivity contribution in [2.45, 2.75) is 119 Å². The van der Waals surface area contributed by atoms with Crippen molar-refractivity contribution in [3.8, 4) is 5.75 Å². The average molecular weight is 812 g/mol. The number of amides is 1. The van der Waals surface area contributed by atoms with Crippen LogP contribution in [-0.4, -0.2) is 128 Å². The maximum atomic E-state index is 13.5. The standard InChI is InChI=1S/C42H57NO13Si/c1-49-30-17-15-29(16-18-30)25-53-39-38(52-24-28-13-9-6-10-14-28)36(51-23-27-11-7-5-8-12-27)33(55-40(39)50-19-20-57(2,3)4)26-54-42-21-31(45)34(43-41(42)48)37(56-42)35(47)32(46)22-44/h5-18,31-40,44-47H,19-26H2,1-4H3,(H,43,48)/t31-,32+,33+,34+,35+,36+,37+,38-,39+,40+,42+/m0/s1. The average Bonchev–Trinajstić information content (AvgIpc) is 3.21. The number of piperidine rings is 1. The fourth-order valence-electron chi connectivity index (χ4n) is 7.18. The second-order valence-corrected chi connectivity index (χ2v) is 21.6. The third-order valence-corrected chi connectivity index (χ3v) is 12.2. The molecule has 4 fully saturated rings. The van der Waals surface area contributed by atoms with Gasteiger partial charge < -0.3 is 63.6 Å². The van der Waals surface area contributed by atoms with Crippen LogP contribution in [0.4, 0.5) is 0 Å². The van der Waals surface area contributed by atoms with Crippen molar-refractivity contribution in [2.24, 2.45) is 0 Å². The summed E-state index contributed by atoms with van der Waals surface area (Å²) in [6, 6.07) is 26.8. The Bertz CT molecular complexity index is 1680. The van der Waals surface area contributed by atoms with Gasteiger partial charge in [0.1, 0.15) is 48.5 Å². The summed E-state index contributed by atoms with van der Waals surface area (Å²) >= 11 is 0. The Kier molecular flexibility index (Phi) is 14.9. The molecular weight excluding hydrogens is 755 g/mol. The van der Waals surface area contributed by atoms with E-state index in [0.717, 1.165) is 28.5 Å². The molecule has 0 radical (unpaired) electrons. The number of aliphatic hydroxyl groups excluding tert-OH is 4. The van der Waals surface area contributed by atoms with Crippen LogP contribution in [0.3, 0.4) is 0 Å². The summed E-state index contributed by atoms with van der Waals surface area (Å²) in [4.78, 5) is 13.5. The third-order valence-electron chi connectivity index (χ3n) is 10.5. The minimum absolute atomic E-state index is 0.179. The Morgan fingerprint density at radius 1 is 0.825 bits per heavy atom. The van der Waals surface area contributed by atoms with E-state index in [1.54, 1.807) is 7.11 Å². The largest absolute Gasteiger partial charge is 0.497 e. The monoisotopic (exact) mass is 811 g/mol. The van der Waals surface area contributed by atoms with Crippen molar-refractivity contribution in [2.75, 3.05) is 26.9 Å². The number of carbonyl (C=O) groups is 1. The summed E-state index contributed by atoms with van der Waals surface area (Å²) in [5.74, 6) is -1.99. The highest BCUT2D eigenvalue weighted by molar-refractivity contribution is 6.76. The Morgan fingerprint density at radius 3 is 1.98 bits per heavy atom. The van der Waals surface area contributed by atoms with Crippen molar-refractivity contribution in [1.82, 2.24) is 5.32 Å². The summed E-state index contributed by atoms with van der Waals surface area (Å²) < 4.78 is 51.3. The first-order valence-corrected chi connectivity index (χ1v) is 23.2. The van der Waals surface area contributed by atoms with Gasteiger partial charge in [-0.1, -0.05) is 92.4 Å². The smallest absolute Gasteiger partial charge is 0.280 e. The van der Waals surface area contributed by atoms with Crippen LogP contribution >= 0.6 is 0 Å². The molecule has 14 nitrogen and oxygen atoms in total. The van der Waals surface area contributed by atoms with Gasteiger partial charge in [-0.05, 0) is 34.9 Å². The van der Waals surface area contributed by atoms with Crippen molar-refractivity contribution in [3.05, 3.63) is 102 Å². The molecule has 3 aromatic carbocycles. The minimum atomic E-state index is -2.06. The number of fused-ring (bicyclic) bond motifs is 3. The molecule has 0 saturated carbocycles. The van der Waals surface area contributed by atoms with Gasteiger partial charge in [0.25, 0.3) is 11.7 Å². The molecule has 2 bridgehead atoms. The van der Waals surface area contributed by atoms with E-state index in [1.807, 2.05) is 84.9 Å². The number of carbonyl (C=O) groups excluding carboxylic acids is 1. The van der Waals surface area contributed by atoms with E-state index in [0.29, 0.717) is 6.61 Å². The van der Waals surface area contributed by atoms with Gasteiger partial charge in [0.05, 0.1) is 52.3 Å². The maximum Gasteiger partial charge on any atom is 0.280 e. The molecule has 11 atom stereocenters. The topological polar surface area (TPSA) is 184 Å². The van der Waals surface area contributed by atoms with Gasteiger partial charge in [0.2, 0.25) is 0 Å². The minimum Gasteiger partial charge on any atom is -0.497 e. The number of rotatable bonds is 20. The number of hydrogen-bond acceptors (Lipinski definition) is 13. The molecule has 0 unspecified atom stereocenters.